The van der Waals surface area contributed by atoms with E-state index in [1.54, 1.807) is 18.2 Å². The molecule has 0 spiro atoms. The van der Waals surface area contributed by atoms with Crippen molar-refractivity contribution in [3.63, 3.8) is 0 Å². The van der Waals surface area contributed by atoms with Gasteiger partial charge in [0, 0.05) is 17.9 Å². The second kappa shape index (κ2) is 8.26. The van der Waals surface area contributed by atoms with Crippen molar-refractivity contribution >= 4 is 58.8 Å². The number of rotatable bonds is 4. The highest BCUT2D eigenvalue weighted by Gasteiger charge is 2.34. The molecule has 0 aromatic heterocycles. The molecule has 2 aromatic carbocycles. The third-order valence-corrected chi connectivity index (χ3v) is 5.05. The van der Waals surface area contributed by atoms with Gasteiger partial charge in [-0.3, -0.25) is 4.72 Å². The Hall–Kier alpha value is -1.49. The number of nitrogens with one attached hydrogen (secondary N) is 1. The van der Waals surface area contributed by atoms with E-state index in [0.717, 1.165) is 5.56 Å². The van der Waals surface area contributed by atoms with E-state index in [2.05, 4.69) is 4.72 Å². The van der Waals surface area contributed by atoms with Gasteiger partial charge in [0.05, 0.1) is 11.0 Å². The van der Waals surface area contributed by atoms with Gasteiger partial charge in [-0.25, -0.2) is 8.42 Å². The number of fused-ring (bicyclic) bond motifs is 1. The molecule has 0 fully saturated rings. The minimum Gasteiger partial charge on any atom is -0.423 e. The first kappa shape index (κ1) is 21.6. The molecule has 0 amide bonds. The lowest BCUT2D eigenvalue weighted by Gasteiger charge is -2.11. The lowest BCUT2D eigenvalue weighted by atomic mass is 9.79. The molecule has 25 heavy (non-hydrogen) atoms. The topological polar surface area (TPSA) is 128 Å². The highest BCUT2D eigenvalue weighted by Crippen LogP contribution is 2.25. The Morgan fingerprint density at radius 3 is 2.40 bits per heavy atom. The quantitative estimate of drug-likeness (QED) is 0.436. The van der Waals surface area contributed by atoms with Crippen molar-refractivity contribution in [1.29, 1.82) is 0 Å². The summed E-state index contributed by atoms with van der Waals surface area (Å²) in [6.07, 6.45) is -0.386. The van der Waals surface area contributed by atoms with Gasteiger partial charge in [0.15, 0.2) is 0 Å². The summed E-state index contributed by atoms with van der Waals surface area (Å²) in [5.41, 5.74) is 13.2. The second-order valence-electron chi connectivity index (χ2n) is 5.23. The van der Waals surface area contributed by atoms with Crippen LogP contribution in [-0.4, -0.2) is 27.1 Å². The van der Waals surface area contributed by atoms with Gasteiger partial charge in [-0.05, 0) is 47.4 Å². The van der Waals surface area contributed by atoms with Crippen molar-refractivity contribution in [1.82, 2.24) is 0 Å². The highest BCUT2D eigenvalue weighted by atomic mass is 35.5. The van der Waals surface area contributed by atoms with Crippen LogP contribution in [0.1, 0.15) is 11.7 Å². The van der Waals surface area contributed by atoms with E-state index in [1.165, 1.54) is 24.3 Å². The van der Waals surface area contributed by atoms with Gasteiger partial charge in [0.1, 0.15) is 0 Å². The van der Waals surface area contributed by atoms with E-state index >= 15 is 0 Å². The SMILES string of the molecule is Cl.Cl.NCC1OB(O)c2cc(NS(=O)(=O)c3ccc(N)cc3)ccc21. The Balaban J connectivity index is 0.00000156. The number of anilines is 2. The van der Waals surface area contributed by atoms with Gasteiger partial charge < -0.3 is 21.1 Å². The summed E-state index contributed by atoms with van der Waals surface area (Å²) in [7, 11) is -4.85. The number of hydrogen-bond donors (Lipinski definition) is 4. The van der Waals surface area contributed by atoms with Crippen LogP contribution in [0.25, 0.3) is 0 Å². The molecule has 2 aromatic rings. The molecule has 1 aliphatic rings. The lowest BCUT2D eigenvalue weighted by Crippen LogP contribution is -2.28. The van der Waals surface area contributed by atoms with Crippen LogP contribution in [0.5, 0.6) is 0 Å². The fourth-order valence-corrected chi connectivity index (χ4v) is 3.54. The van der Waals surface area contributed by atoms with Gasteiger partial charge in [-0.1, -0.05) is 6.07 Å². The Morgan fingerprint density at radius 1 is 1.16 bits per heavy atom. The zero-order chi connectivity index (χ0) is 16.6. The van der Waals surface area contributed by atoms with Gasteiger partial charge in [-0.2, -0.15) is 0 Å². The van der Waals surface area contributed by atoms with Gasteiger partial charge in [-0.15, -0.1) is 24.8 Å². The van der Waals surface area contributed by atoms with Gasteiger partial charge in [0.2, 0.25) is 0 Å². The van der Waals surface area contributed by atoms with Crippen molar-refractivity contribution in [2.75, 3.05) is 17.0 Å². The van der Waals surface area contributed by atoms with Gasteiger partial charge >= 0.3 is 7.12 Å². The first-order valence-electron chi connectivity index (χ1n) is 6.96. The zero-order valence-electron chi connectivity index (χ0n) is 13.0. The first-order chi connectivity index (χ1) is 10.9. The fraction of sp³-hybridized carbons (Fsp3) is 0.143. The average Bonchev–Trinajstić information content (AvgIpc) is 2.83. The summed E-state index contributed by atoms with van der Waals surface area (Å²) in [5, 5.41) is 9.88. The molecule has 0 saturated heterocycles. The summed E-state index contributed by atoms with van der Waals surface area (Å²) in [6, 6.07) is 10.7. The maximum absolute atomic E-state index is 12.3. The third kappa shape index (κ3) is 4.38. The number of hydrogen-bond acceptors (Lipinski definition) is 6. The molecule has 11 heteroatoms. The smallest absolute Gasteiger partial charge is 0.423 e. The van der Waals surface area contributed by atoms with Crippen LogP contribution < -0.4 is 21.7 Å². The van der Waals surface area contributed by atoms with Crippen molar-refractivity contribution in [3.05, 3.63) is 48.0 Å². The summed E-state index contributed by atoms with van der Waals surface area (Å²) in [5.74, 6) is 0. The van der Waals surface area contributed by atoms with E-state index in [1.807, 2.05) is 0 Å². The Labute approximate surface area is 158 Å². The number of sulfonamides is 1. The summed E-state index contributed by atoms with van der Waals surface area (Å²) in [6.45, 7) is 0.237. The van der Waals surface area contributed by atoms with Crippen molar-refractivity contribution in [3.8, 4) is 0 Å². The molecule has 3 rings (SSSR count). The Kier molecular flexibility index (Phi) is 7.13. The van der Waals surface area contributed by atoms with E-state index in [0.29, 0.717) is 16.8 Å². The Morgan fingerprint density at radius 2 is 1.80 bits per heavy atom. The predicted molar refractivity (Wildman–Crippen MR) is 103 cm³/mol. The van der Waals surface area contributed by atoms with E-state index < -0.39 is 17.1 Å². The van der Waals surface area contributed by atoms with Crippen LogP contribution in [0.4, 0.5) is 11.4 Å². The largest absolute Gasteiger partial charge is 0.492 e. The molecule has 1 unspecified atom stereocenters. The minimum absolute atomic E-state index is 0. The molecule has 0 radical (unpaired) electrons. The normalized spacial score (nSPS) is 15.8. The minimum atomic E-state index is -3.74. The van der Waals surface area contributed by atoms with Crippen LogP contribution in [-0.2, 0) is 14.7 Å². The van der Waals surface area contributed by atoms with Crippen molar-refractivity contribution in [2.24, 2.45) is 5.73 Å². The van der Waals surface area contributed by atoms with Gasteiger partial charge in [0.25, 0.3) is 10.0 Å². The van der Waals surface area contributed by atoms with E-state index in [-0.39, 0.29) is 42.4 Å². The van der Waals surface area contributed by atoms with Crippen LogP contribution in [0.15, 0.2) is 47.4 Å². The molecule has 6 N–H and O–H groups in total. The summed E-state index contributed by atoms with van der Waals surface area (Å²) >= 11 is 0. The maximum Gasteiger partial charge on any atom is 0.492 e. The fourth-order valence-electron chi connectivity index (χ4n) is 2.49. The third-order valence-electron chi connectivity index (χ3n) is 3.65. The van der Waals surface area contributed by atoms with Crippen LogP contribution in [0.2, 0.25) is 0 Å². The van der Waals surface area contributed by atoms with E-state index in [9.17, 15) is 13.4 Å². The average molecular weight is 406 g/mol. The maximum atomic E-state index is 12.3. The standard InChI is InChI=1S/C14H16BN3O4S.2ClH/c16-8-14-12-6-3-10(7-13(12)15(19)22-14)18-23(20,21)11-4-1-9(17)2-5-11;;/h1-7,14,18-19H,8,16-17H2;2*1H. The monoisotopic (exact) mass is 405 g/mol. The number of nitrogen functional groups attached to an aromatic ring is 1. The molecule has 7 nitrogen and oxygen atoms in total. The molecular formula is C14H18BCl2N3O4S. The molecule has 1 aliphatic heterocycles. The zero-order valence-corrected chi connectivity index (χ0v) is 15.4. The highest BCUT2D eigenvalue weighted by molar-refractivity contribution is 7.92. The molecule has 0 aliphatic carbocycles. The molecule has 0 saturated carbocycles. The van der Waals surface area contributed by atoms with Crippen LogP contribution in [0, 0.1) is 0 Å². The number of benzene rings is 2. The predicted octanol–water partition coefficient (Wildman–Crippen LogP) is 0.631. The van der Waals surface area contributed by atoms with Crippen molar-refractivity contribution < 1.29 is 18.1 Å². The molecule has 136 valence electrons. The van der Waals surface area contributed by atoms with E-state index in [4.69, 9.17) is 16.1 Å². The summed E-state index contributed by atoms with van der Waals surface area (Å²) < 4.78 is 32.5. The summed E-state index contributed by atoms with van der Waals surface area (Å²) in [4.78, 5) is 0.101. The first-order valence-corrected chi connectivity index (χ1v) is 8.45. The Bertz CT molecular complexity index is 836. The molecule has 0 bridgehead atoms. The molecule has 1 heterocycles. The number of nitrogens with two attached hydrogens (primary N) is 2. The molecule has 1 atom stereocenters. The lowest BCUT2D eigenvalue weighted by molar-refractivity contribution is 0.198. The molecular weight excluding hydrogens is 388 g/mol. The second-order valence-corrected chi connectivity index (χ2v) is 6.91. The van der Waals surface area contributed by atoms with Crippen molar-refractivity contribution in [2.45, 2.75) is 11.0 Å². The number of halogens is 2. The van der Waals surface area contributed by atoms with Crippen LogP contribution >= 0.6 is 24.8 Å². The van der Waals surface area contributed by atoms with Crippen LogP contribution in [0.3, 0.4) is 0 Å².